The third-order valence-corrected chi connectivity index (χ3v) is 4.22. The van der Waals surface area contributed by atoms with E-state index in [1.165, 1.54) is 11.3 Å². The predicted molar refractivity (Wildman–Crippen MR) is 96.7 cm³/mol. The maximum absolute atomic E-state index is 12.1. The molecule has 0 aliphatic carbocycles. The second-order valence-corrected chi connectivity index (χ2v) is 6.15. The first kappa shape index (κ1) is 15.8. The molecular weight excluding hydrogens is 324 g/mol. The van der Waals surface area contributed by atoms with Crippen LogP contribution in [0, 0.1) is 0 Å². The number of aromatic nitrogens is 1. The standard InChI is InChI=1S/C17H16N4O2S/c18-12-8-4-5-9-13(12)20-15(22)10-14-16(23)21-17(24-14)19-11-6-2-1-3-7-11/h1-9,23H,10,18H2,(H,19,21)(H,20,22). The average Bonchev–Trinajstić information content (AvgIpc) is 2.90. The molecule has 1 amide bonds. The molecule has 0 saturated heterocycles. The van der Waals surface area contributed by atoms with Gasteiger partial charge in [0, 0.05) is 5.69 Å². The summed E-state index contributed by atoms with van der Waals surface area (Å²) in [6.07, 6.45) is 0.0221. The molecule has 0 radical (unpaired) electrons. The lowest BCUT2D eigenvalue weighted by Crippen LogP contribution is -2.14. The van der Waals surface area contributed by atoms with Gasteiger partial charge in [-0.25, -0.2) is 0 Å². The van der Waals surface area contributed by atoms with Crippen molar-refractivity contribution < 1.29 is 9.90 Å². The van der Waals surface area contributed by atoms with E-state index in [1.807, 2.05) is 30.3 Å². The van der Waals surface area contributed by atoms with Gasteiger partial charge in [-0.05, 0) is 24.3 Å². The highest BCUT2D eigenvalue weighted by molar-refractivity contribution is 7.16. The van der Waals surface area contributed by atoms with Crippen molar-refractivity contribution in [3.8, 4) is 5.88 Å². The van der Waals surface area contributed by atoms with E-state index in [-0.39, 0.29) is 18.2 Å². The van der Waals surface area contributed by atoms with Gasteiger partial charge in [0.2, 0.25) is 11.8 Å². The quantitative estimate of drug-likeness (QED) is 0.534. The fraction of sp³-hybridized carbons (Fsp3) is 0.0588. The molecule has 0 aliphatic rings. The van der Waals surface area contributed by atoms with Crippen LogP contribution >= 0.6 is 11.3 Å². The van der Waals surface area contributed by atoms with E-state index >= 15 is 0 Å². The van der Waals surface area contributed by atoms with Crippen LogP contribution in [0.25, 0.3) is 0 Å². The van der Waals surface area contributed by atoms with Crippen LogP contribution in [0.15, 0.2) is 54.6 Å². The SMILES string of the molecule is Nc1ccccc1NC(=O)Cc1sc(Nc2ccccc2)nc1O. The highest BCUT2D eigenvalue weighted by Gasteiger charge is 2.15. The van der Waals surface area contributed by atoms with Gasteiger partial charge in [-0.15, -0.1) is 0 Å². The molecule has 3 rings (SSSR count). The molecule has 0 unspecified atom stereocenters. The first-order chi connectivity index (χ1) is 11.6. The number of thiazole rings is 1. The number of nitrogens with two attached hydrogens (primary N) is 1. The molecule has 0 fully saturated rings. The summed E-state index contributed by atoms with van der Waals surface area (Å²) < 4.78 is 0. The van der Waals surface area contributed by atoms with Gasteiger partial charge in [0.1, 0.15) is 0 Å². The molecule has 6 nitrogen and oxygen atoms in total. The van der Waals surface area contributed by atoms with Crippen LogP contribution in [0.1, 0.15) is 4.88 Å². The largest absolute Gasteiger partial charge is 0.492 e. The van der Waals surface area contributed by atoms with Crippen molar-refractivity contribution >= 4 is 39.4 Å². The van der Waals surface area contributed by atoms with Gasteiger partial charge in [-0.1, -0.05) is 41.7 Å². The summed E-state index contributed by atoms with van der Waals surface area (Å²) in [4.78, 5) is 16.7. The molecule has 0 atom stereocenters. The summed E-state index contributed by atoms with van der Waals surface area (Å²) in [5, 5.41) is 16.3. The Labute approximate surface area is 143 Å². The number of nitrogens with zero attached hydrogens (tertiary/aromatic N) is 1. The number of para-hydroxylation sites is 3. The molecule has 0 bridgehead atoms. The van der Waals surface area contributed by atoms with E-state index in [0.29, 0.717) is 21.4 Å². The van der Waals surface area contributed by atoms with Crippen LogP contribution in [0.5, 0.6) is 5.88 Å². The van der Waals surface area contributed by atoms with Crippen LogP contribution in [0.4, 0.5) is 22.2 Å². The fourth-order valence-electron chi connectivity index (χ4n) is 2.11. The number of hydrogen-bond acceptors (Lipinski definition) is 6. The molecule has 5 N–H and O–H groups in total. The van der Waals surface area contributed by atoms with Gasteiger partial charge in [-0.2, -0.15) is 4.98 Å². The van der Waals surface area contributed by atoms with Gasteiger partial charge in [0.25, 0.3) is 0 Å². The molecule has 0 saturated carbocycles. The number of amides is 1. The Morgan fingerprint density at radius 1 is 1.12 bits per heavy atom. The molecule has 0 spiro atoms. The number of nitrogens with one attached hydrogen (secondary N) is 2. The zero-order chi connectivity index (χ0) is 16.9. The third-order valence-electron chi connectivity index (χ3n) is 3.26. The molecule has 24 heavy (non-hydrogen) atoms. The number of nitrogen functional groups attached to an aromatic ring is 1. The Kier molecular flexibility index (Phi) is 4.62. The summed E-state index contributed by atoms with van der Waals surface area (Å²) in [7, 11) is 0. The van der Waals surface area contributed by atoms with Gasteiger partial charge in [0.15, 0.2) is 5.13 Å². The number of anilines is 4. The number of carbonyl (C=O) groups is 1. The maximum Gasteiger partial charge on any atom is 0.229 e. The Bertz CT molecular complexity index is 849. The smallest absolute Gasteiger partial charge is 0.229 e. The number of aromatic hydroxyl groups is 1. The fourth-order valence-corrected chi connectivity index (χ4v) is 2.98. The summed E-state index contributed by atoms with van der Waals surface area (Å²) in [5.41, 5.74) is 7.70. The monoisotopic (exact) mass is 340 g/mol. The molecule has 0 aliphatic heterocycles. The minimum atomic E-state index is -0.266. The van der Waals surface area contributed by atoms with Crippen molar-refractivity contribution in [3.05, 3.63) is 59.5 Å². The van der Waals surface area contributed by atoms with Gasteiger partial charge in [0.05, 0.1) is 22.7 Å². The van der Waals surface area contributed by atoms with Crippen LogP contribution in [0.3, 0.4) is 0 Å². The number of benzene rings is 2. The Hall–Kier alpha value is -3.06. The minimum absolute atomic E-state index is 0.0221. The molecule has 1 heterocycles. The summed E-state index contributed by atoms with van der Waals surface area (Å²) in [6, 6.07) is 16.5. The summed E-state index contributed by atoms with van der Waals surface area (Å²) >= 11 is 1.23. The van der Waals surface area contributed by atoms with E-state index in [9.17, 15) is 9.90 Å². The number of hydrogen-bond donors (Lipinski definition) is 4. The van der Waals surface area contributed by atoms with E-state index < -0.39 is 0 Å². The van der Waals surface area contributed by atoms with E-state index in [1.54, 1.807) is 24.3 Å². The normalized spacial score (nSPS) is 10.3. The zero-order valence-corrected chi connectivity index (χ0v) is 13.5. The maximum atomic E-state index is 12.1. The lowest BCUT2D eigenvalue weighted by Gasteiger charge is -2.06. The van der Waals surface area contributed by atoms with Gasteiger partial charge >= 0.3 is 0 Å². The van der Waals surface area contributed by atoms with Gasteiger partial charge in [-0.3, -0.25) is 4.79 Å². The highest BCUT2D eigenvalue weighted by atomic mass is 32.1. The van der Waals surface area contributed by atoms with Crippen LogP contribution in [-0.2, 0) is 11.2 Å². The molecule has 1 aromatic heterocycles. The van der Waals surface area contributed by atoms with E-state index in [2.05, 4.69) is 15.6 Å². The van der Waals surface area contributed by atoms with E-state index in [4.69, 9.17) is 5.73 Å². The highest BCUT2D eigenvalue weighted by Crippen LogP contribution is 2.30. The van der Waals surface area contributed by atoms with Crippen LogP contribution in [0.2, 0.25) is 0 Å². The predicted octanol–water partition coefficient (Wildman–Crippen LogP) is 3.36. The van der Waals surface area contributed by atoms with Crippen LogP contribution < -0.4 is 16.4 Å². The molecular formula is C17H16N4O2S. The van der Waals surface area contributed by atoms with Crippen molar-refractivity contribution in [2.24, 2.45) is 0 Å². The minimum Gasteiger partial charge on any atom is -0.492 e. The molecule has 2 aromatic carbocycles. The van der Waals surface area contributed by atoms with E-state index in [0.717, 1.165) is 5.69 Å². The second-order valence-electron chi connectivity index (χ2n) is 5.07. The zero-order valence-electron chi connectivity index (χ0n) is 12.7. The summed E-state index contributed by atoms with van der Waals surface area (Å²) in [6.45, 7) is 0. The number of rotatable bonds is 5. The Morgan fingerprint density at radius 2 is 1.83 bits per heavy atom. The third kappa shape index (κ3) is 3.82. The molecule has 3 aromatic rings. The number of carbonyl (C=O) groups excluding carboxylic acids is 1. The van der Waals surface area contributed by atoms with Crippen molar-refractivity contribution in [2.45, 2.75) is 6.42 Å². The Morgan fingerprint density at radius 3 is 2.58 bits per heavy atom. The van der Waals surface area contributed by atoms with Crippen molar-refractivity contribution in [1.82, 2.24) is 4.98 Å². The van der Waals surface area contributed by atoms with Crippen molar-refractivity contribution in [1.29, 1.82) is 0 Å². The van der Waals surface area contributed by atoms with Crippen molar-refractivity contribution in [2.75, 3.05) is 16.4 Å². The van der Waals surface area contributed by atoms with Gasteiger partial charge < -0.3 is 21.5 Å². The lowest BCUT2D eigenvalue weighted by atomic mass is 10.2. The molecule has 122 valence electrons. The van der Waals surface area contributed by atoms with Crippen LogP contribution in [-0.4, -0.2) is 16.0 Å². The Balaban J connectivity index is 1.67. The first-order valence-corrected chi connectivity index (χ1v) is 8.08. The van der Waals surface area contributed by atoms with Crippen molar-refractivity contribution in [3.63, 3.8) is 0 Å². The molecule has 7 heteroatoms. The first-order valence-electron chi connectivity index (χ1n) is 7.27. The summed E-state index contributed by atoms with van der Waals surface area (Å²) in [5.74, 6) is -0.410. The average molecular weight is 340 g/mol. The lowest BCUT2D eigenvalue weighted by molar-refractivity contribution is -0.115. The second kappa shape index (κ2) is 7.01. The topological polar surface area (TPSA) is 100 Å².